The van der Waals surface area contributed by atoms with E-state index < -0.39 is 0 Å². The van der Waals surface area contributed by atoms with Gasteiger partial charge in [-0.05, 0) is 42.0 Å². The number of anilines is 3. The molecule has 4 rings (SSSR count). The van der Waals surface area contributed by atoms with Crippen LogP contribution in [0.2, 0.25) is 10.0 Å². The zero-order valence-electron chi connectivity index (χ0n) is 15.6. The molecule has 3 aromatic carbocycles. The van der Waals surface area contributed by atoms with Crippen molar-refractivity contribution in [3.8, 4) is 5.75 Å². The Hall–Kier alpha value is -3.02. The Balaban J connectivity index is 1.64. The molecule has 0 aliphatic heterocycles. The number of para-hydroxylation sites is 1. The molecule has 0 aliphatic rings. The van der Waals surface area contributed by atoms with Gasteiger partial charge in [-0.1, -0.05) is 53.5 Å². The summed E-state index contributed by atoms with van der Waals surface area (Å²) >= 11 is 12.4. The van der Waals surface area contributed by atoms with Crippen LogP contribution < -0.4 is 15.4 Å². The van der Waals surface area contributed by atoms with Crippen LogP contribution in [0.25, 0.3) is 10.9 Å². The first-order valence-electron chi connectivity index (χ1n) is 8.98. The third-order valence-electron chi connectivity index (χ3n) is 4.42. The van der Waals surface area contributed by atoms with Crippen LogP contribution in [-0.2, 0) is 6.54 Å². The fourth-order valence-corrected chi connectivity index (χ4v) is 3.26. The van der Waals surface area contributed by atoms with Crippen LogP contribution in [0.15, 0.2) is 66.7 Å². The van der Waals surface area contributed by atoms with E-state index in [4.69, 9.17) is 27.9 Å². The summed E-state index contributed by atoms with van der Waals surface area (Å²) in [4.78, 5) is 9.26. The summed E-state index contributed by atoms with van der Waals surface area (Å²) in [7, 11) is 1.65. The Kier molecular flexibility index (Phi) is 5.69. The van der Waals surface area contributed by atoms with Crippen molar-refractivity contribution in [2.75, 3.05) is 17.7 Å². The van der Waals surface area contributed by atoms with E-state index in [0.717, 1.165) is 28.0 Å². The van der Waals surface area contributed by atoms with E-state index in [1.807, 2.05) is 60.7 Å². The lowest BCUT2D eigenvalue weighted by molar-refractivity contribution is 0.414. The van der Waals surface area contributed by atoms with Crippen molar-refractivity contribution in [2.45, 2.75) is 6.54 Å². The molecule has 1 aromatic heterocycles. The van der Waals surface area contributed by atoms with Crippen LogP contribution >= 0.6 is 23.2 Å². The maximum Gasteiger partial charge on any atom is 0.229 e. The van der Waals surface area contributed by atoms with E-state index in [2.05, 4.69) is 20.6 Å². The molecule has 0 saturated carbocycles. The van der Waals surface area contributed by atoms with Crippen molar-refractivity contribution in [1.82, 2.24) is 9.97 Å². The third kappa shape index (κ3) is 4.36. The van der Waals surface area contributed by atoms with E-state index in [1.165, 1.54) is 0 Å². The standard InChI is InChI=1S/C22H18Cl2N4O/c1-29-15-11-9-14(10-12-15)13-25-21-16-5-2-3-7-18(16)26-22(28-21)27-19-8-4-6-17(23)20(19)24/h2-12H,13H2,1H3,(H2,25,26,27,28). The summed E-state index contributed by atoms with van der Waals surface area (Å²) in [5.74, 6) is 1.99. The van der Waals surface area contributed by atoms with Gasteiger partial charge in [-0.3, -0.25) is 0 Å². The molecule has 2 N–H and O–H groups in total. The zero-order valence-corrected chi connectivity index (χ0v) is 17.1. The second kappa shape index (κ2) is 8.55. The summed E-state index contributed by atoms with van der Waals surface area (Å²) < 4.78 is 5.21. The van der Waals surface area contributed by atoms with E-state index in [0.29, 0.717) is 28.2 Å². The molecular formula is C22H18Cl2N4O. The van der Waals surface area contributed by atoms with Gasteiger partial charge in [0.15, 0.2) is 0 Å². The number of hydrogen-bond acceptors (Lipinski definition) is 5. The Morgan fingerprint density at radius 2 is 1.69 bits per heavy atom. The predicted octanol–water partition coefficient (Wildman–Crippen LogP) is 6.30. The van der Waals surface area contributed by atoms with E-state index in [1.54, 1.807) is 13.2 Å². The Morgan fingerprint density at radius 1 is 0.897 bits per heavy atom. The van der Waals surface area contributed by atoms with Crippen molar-refractivity contribution in [3.05, 3.63) is 82.3 Å². The fourth-order valence-electron chi connectivity index (χ4n) is 2.92. The summed E-state index contributed by atoms with van der Waals surface area (Å²) in [6, 6.07) is 21.1. The molecule has 0 spiro atoms. The van der Waals surface area contributed by atoms with Gasteiger partial charge in [0, 0.05) is 11.9 Å². The molecule has 5 nitrogen and oxygen atoms in total. The van der Waals surface area contributed by atoms with Gasteiger partial charge in [0.25, 0.3) is 0 Å². The first-order valence-corrected chi connectivity index (χ1v) is 9.74. The van der Waals surface area contributed by atoms with Crippen molar-refractivity contribution in [3.63, 3.8) is 0 Å². The minimum Gasteiger partial charge on any atom is -0.497 e. The van der Waals surface area contributed by atoms with Crippen LogP contribution in [0.5, 0.6) is 5.75 Å². The molecule has 7 heteroatoms. The second-order valence-electron chi connectivity index (χ2n) is 6.34. The van der Waals surface area contributed by atoms with Gasteiger partial charge >= 0.3 is 0 Å². The van der Waals surface area contributed by atoms with Crippen LogP contribution in [0, 0.1) is 0 Å². The largest absolute Gasteiger partial charge is 0.497 e. The topological polar surface area (TPSA) is 59.1 Å². The molecule has 146 valence electrons. The van der Waals surface area contributed by atoms with Crippen molar-refractivity contribution in [2.24, 2.45) is 0 Å². The number of nitrogens with one attached hydrogen (secondary N) is 2. The number of rotatable bonds is 6. The Morgan fingerprint density at radius 3 is 2.48 bits per heavy atom. The molecular weight excluding hydrogens is 407 g/mol. The lowest BCUT2D eigenvalue weighted by atomic mass is 10.2. The number of benzene rings is 3. The molecule has 0 radical (unpaired) electrons. The van der Waals surface area contributed by atoms with Crippen molar-refractivity contribution >= 4 is 51.6 Å². The highest BCUT2D eigenvalue weighted by atomic mass is 35.5. The average molecular weight is 425 g/mol. The summed E-state index contributed by atoms with van der Waals surface area (Å²) in [6.45, 7) is 0.613. The average Bonchev–Trinajstić information content (AvgIpc) is 2.75. The molecule has 0 atom stereocenters. The normalized spacial score (nSPS) is 10.7. The number of aromatic nitrogens is 2. The monoisotopic (exact) mass is 424 g/mol. The quantitative estimate of drug-likeness (QED) is 0.380. The highest BCUT2D eigenvalue weighted by Crippen LogP contribution is 2.32. The molecule has 0 bridgehead atoms. The highest BCUT2D eigenvalue weighted by molar-refractivity contribution is 6.43. The third-order valence-corrected chi connectivity index (χ3v) is 5.24. The lowest BCUT2D eigenvalue weighted by Crippen LogP contribution is -2.06. The molecule has 0 fully saturated rings. The van der Waals surface area contributed by atoms with Gasteiger partial charge in [0.1, 0.15) is 11.6 Å². The van der Waals surface area contributed by atoms with Crippen LogP contribution in [0.1, 0.15) is 5.56 Å². The summed E-state index contributed by atoms with van der Waals surface area (Å²) in [6.07, 6.45) is 0. The Bertz CT molecular complexity index is 1150. The maximum absolute atomic E-state index is 6.29. The van der Waals surface area contributed by atoms with E-state index >= 15 is 0 Å². The smallest absolute Gasteiger partial charge is 0.229 e. The number of halogens is 2. The van der Waals surface area contributed by atoms with Crippen LogP contribution in [0.3, 0.4) is 0 Å². The molecule has 0 saturated heterocycles. The lowest BCUT2D eigenvalue weighted by Gasteiger charge is -2.13. The molecule has 0 aliphatic carbocycles. The van der Waals surface area contributed by atoms with Crippen molar-refractivity contribution < 1.29 is 4.74 Å². The van der Waals surface area contributed by atoms with E-state index in [-0.39, 0.29) is 0 Å². The molecule has 1 heterocycles. The van der Waals surface area contributed by atoms with Crippen LogP contribution in [0.4, 0.5) is 17.5 Å². The van der Waals surface area contributed by atoms with Gasteiger partial charge in [0.2, 0.25) is 5.95 Å². The van der Waals surface area contributed by atoms with Crippen LogP contribution in [-0.4, -0.2) is 17.1 Å². The van der Waals surface area contributed by atoms with Gasteiger partial charge in [0.05, 0.1) is 28.4 Å². The van der Waals surface area contributed by atoms with Gasteiger partial charge in [-0.15, -0.1) is 0 Å². The SMILES string of the molecule is COc1ccc(CNc2nc(Nc3cccc(Cl)c3Cl)nc3ccccc23)cc1. The van der Waals surface area contributed by atoms with E-state index in [9.17, 15) is 0 Å². The highest BCUT2D eigenvalue weighted by Gasteiger charge is 2.10. The summed E-state index contributed by atoms with van der Waals surface area (Å²) in [5.41, 5.74) is 2.58. The second-order valence-corrected chi connectivity index (χ2v) is 7.13. The molecule has 0 amide bonds. The minimum absolute atomic E-state index is 0.429. The first kappa shape index (κ1) is 19.3. The minimum atomic E-state index is 0.429. The summed E-state index contributed by atoms with van der Waals surface area (Å²) in [5, 5.41) is 8.40. The number of methoxy groups -OCH3 is 1. The number of fused-ring (bicyclic) bond motifs is 1. The first-order chi connectivity index (χ1) is 14.1. The van der Waals surface area contributed by atoms with Gasteiger partial charge in [-0.2, -0.15) is 4.98 Å². The fraction of sp³-hybridized carbons (Fsp3) is 0.0909. The molecule has 29 heavy (non-hydrogen) atoms. The van der Waals surface area contributed by atoms with Gasteiger partial charge < -0.3 is 15.4 Å². The Labute approximate surface area is 178 Å². The molecule has 4 aromatic rings. The number of hydrogen-bond donors (Lipinski definition) is 2. The predicted molar refractivity (Wildman–Crippen MR) is 120 cm³/mol. The zero-order chi connectivity index (χ0) is 20.2. The maximum atomic E-state index is 6.29. The molecule has 0 unspecified atom stereocenters. The van der Waals surface area contributed by atoms with Gasteiger partial charge in [-0.25, -0.2) is 4.98 Å². The number of nitrogens with zero attached hydrogens (tertiary/aromatic N) is 2. The number of ether oxygens (including phenoxy) is 1. The van der Waals surface area contributed by atoms with Crippen molar-refractivity contribution in [1.29, 1.82) is 0 Å².